The number of benzene rings is 5. The summed E-state index contributed by atoms with van der Waals surface area (Å²) in [5, 5.41) is 1.37. The van der Waals surface area contributed by atoms with Gasteiger partial charge in [-0.15, -0.1) is 0 Å². The maximum absolute atomic E-state index is 13.9. The second-order valence-electron chi connectivity index (χ2n) is 11.3. The molecular weight excluding hydrogens is 576 g/mol. The summed E-state index contributed by atoms with van der Waals surface area (Å²) in [5.74, 6) is -1.30. The quantitative estimate of drug-likeness (QED) is 0.0846. The van der Waals surface area contributed by atoms with Crippen molar-refractivity contribution in [3.8, 4) is 0 Å². The van der Waals surface area contributed by atoms with E-state index in [4.69, 9.17) is 0 Å². The molecule has 2 amide bonds. The number of anilines is 4. The number of unbranched alkanes of at least 4 members (excludes halogenated alkanes) is 1. The minimum atomic E-state index is -0.427. The number of esters is 1. The SMILES string of the molecule is CCCCc1ccc(N2C(=O)c3cccc4c(N(c5ccccc5)c5ccc(C(=O)CCC(=O)OC)cc5)ccc(c34)C2=O)cc1. The van der Waals surface area contributed by atoms with Crippen LogP contribution >= 0.6 is 0 Å². The van der Waals surface area contributed by atoms with Crippen LogP contribution in [0.4, 0.5) is 22.7 Å². The monoisotopic (exact) mass is 610 g/mol. The van der Waals surface area contributed by atoms with Gasteiger partial charge < -0.3 is 9.64 Å². The number of amides is 2. The van der Waals surface area contributed by atoms with Gasteiger partial charge in [0.1, 0.15) is 0 Å². The van der Waals surface area contributed by atoms with Gasteiger partial charge in [0, 0.05) is 45.3 Å². The Labute approximate surface area is 268 Å². The predicted octanol–water partition coefficient (Wildman–Crippen LogP) is 8.59. The van der Waals surface area contributed by atoms with E-state index in [0.717, 1.165) is 41.7 Å². The fourth-order valence-corrected chi connectivity index (χ4v) is 5.97. The molecular formula is C39H34N2O5. The number of hydrogen-bond acceptors (Lipinski definition) is 6. The Balaban J connectivity index is 1.40. The highest BCUT2D eigenvalue weighted by Crippen LogP contribution is 2.42. The van der Waals surface area contributed by atoms with Crippen molar-refractivity contribution in [1.29, 1.82) is 0 Å². The van der Waals surface area contributed by atoms with Crippen molar-refractivity contribution in [2.24, 2.45) is 0 Å². The molecule has 46 heavy (non-hydrogen) atoms. The Kier molecular flexibility index (Phi) is 8.74. The van der Waals surface area contributed by atoms with Crippen molar-refractivity contribution in [1.82, 2.24) is 0 Å². The molecule has 0 unspecified atom stereocenters. The van der Waals surface area contributed by atoms with E-state index in [-0.39, 0.29) is 30.4 Å². The molecule has 0 fully saturated rings. The van der Waals surface area contributed by atoms with Crippen molar-refractivity contribution >= 4 is 57.1 Å². The molecule has 7 nitrogen and oxygen atoms in total. The third-order valence-corrected chi connectivity index (χ3v) is 8.38. The number of ether oxygens (including phenoxy) is 1. The lowest BCUT2D eigenvalue weighted by Gasteiger charge is -2.31. The summed E-state index contributed by atoms with van der Waals surface area (Å²) < 4.78 is 4.66. The number of carbonyl (C=O) groups excluding carboxylic acids is 4. The number of rotatable bonds is 11. The van der Waals surface area contributed by atoms with Crippen LogP contribution in [0.2, 0.25) is 0 Å². The average molecular weight is 611 g/mol. The molecule has 230 valence electrons. The highest BCUT2D eigenvalue weighted by Gasteiger charge is 2.35. The molecule has 0 saturated carbocycles. The van der Waals surface area contributed by atoms with Gasteiger partial charge in [0.15, 0.2) is 5.78 Å². The van der Waals surface area contributed by atoms with Crippen LogP contribution in [0, 0.1) is 0 Å². The van der Waals surface area contributed by atoms with Gasteiger partial charge in [-0.05, 0) is 85.1 Å². The van der Waals surface area contributed by atoms with E-state index in [1.165, 1.54) is 17.6 Å². The number of imide groups is 1. The topological polar surface area (TPSA) is 84.0 Å². The molecule has 1 aliphatic rings. The minimum absolute atomic E-state index is 0.0209. The van der Waals surface area contributed by atoms with Gasteiger partial charge in [-0.3, -0.25) is 19.2 Å². The molecule has 0 aliphatic carbocycles. The van der Waals surface area contributed by atoms with E-state index in [9.17, 15) is 19.2 Å². The van der Waals surface area contributed by atoms with Crippen molar-refractivity contribution < 1.29 is 23.9 Å². The summed E-state index contributed by atoms with van der Waals surface area (Å²) in [4.78, 5) is 55.5. The summed E-state index contributed by atoms with van der Waals surface area (Å²) in [5.41, 5.74) is 5.58. The number of ketones is 1. The van der Waals surface area contributed by atoms with Crippen molar-refractivity contribution in [3.63, 3.8) is 0 Å². The number of para-hydroxylation sites is 1. The third-order valence-electron chi connectivity index (χ3n) is 8.38. The number of carbonyl (C=O) groups is 4. The maximum atomic E-state index is 13.9. The smallest absolute Gasteiger partial charge is 0.305 e. The summed E-state index contributed by atoms with van der Waals surface area (Å²) in [6.07, 6.45) is 3.21. The van der Waals surface area contributed by atoms with Gasteiger partial charge in [-0.1, -0.05) is 55.8 Å². The summed E-state index contributed by atoms with van der Waals surface area (Å²) in [6.45, 7) is 2.15. The van der Waals surface area contributed by atoms with Crippen molar-refractivity contribution in [3.05, 3.63) is 131 Å². The molecule has 7 heteroatoms. The van der Waals surface area contributed by atoms with E-state index >= 15 is 0 Å². The molecule has 5 aromatic carbocycles. The van der Waals surface area contributed by atoms with Crippen LogP contribution < -0.4 is 9.80 Å². The van der Waals surface area contributed by atoms with Gasteiger partial charge >= 0.3 is 5.97 Å². The van der Waals surface area contributed by atoms with Crippen LogP contribution in [0.25, 0.3) is 10.8 Å². The first-order valence-electron chi connectivity index (χ1n) is 15.5. The highest BCUT2D eigenvalue weighted by molar-refractivity contribution is 6.36. The molecule has 6 rings (SSSR count). The first-order valence-corrected chi connectivity index (χ1v) is 15.5. The van der Waals surface area contributed by atoms with Gasteiger partial charge in [0.2, 0.25) is 0 Å². The Bertz CT molecular complexity index is 1910. The van der Waals surface area contributed by atoms with Crippen LogP contribution in [0.15, 0.2) is 109 Å². The molecule has 0 atom stereocenters. The number of methoxy groups -OCH3 is 1. The zero-order valence-corrected chi connectivity index (χ0v) is 25.9. The molecule has 0 aromatic heterocycles. The normalized spacial score (nSPS) is 12.3. The number of hydrogen-bond donors (Lipinski definition) is 0. The Morgan fingerprint density at radius 3 is 2.07 bits per heavy atom. The van der Waals surface area contributed by atoms with Crippen LogP contribution in [-0.2, 0) is 16.0 Å². The molecule has 1 heterocycles. The summed E-state index contributed by atoms with van der Waals surface area (Å²) >= 11 is 0. The summed E-state index contributed by atoms with van der Waals surface area (Å²) in [6, 6.07) is 33.9. The minimum Gasteiger partial charge on any atom is -0.469 e. The Morgan fingerprint density at radius 1 is 0.717 bits per heavy atom. The zero-order chi connectivity index (χ0) is 32.2. The molecule has 0 saturated heterocycles. The predicted molar refractivity (Wildman–Crippen MR) is 180 cm³/mol. The summed E-state index contributed by atoms with van der Waals surface area (Å²) in [7, 11) is 1.30. The molecule has 0 bridgehead atoms. The highest BCUT2D eigenvalue weighted by atomic mass is 16.5. The molecule has 0 radical (unpaired) electrons. The fourth-order valence-electron chi connectivity index (χ4n) is 5.97. The van der Waals surface area contributed by atoms with Crippen molar-refractivity contribution in [2.75, 3.05) is 16.9 Å². The van der Waals surface area contributed by atoms with Crippen LogP contribution in [-0.4, -0.2) is 30.7 Å². The van der Waals surface area contributed by atoms with Gasteiger partial charge in [-0.2, -0.15) is 0 Å². The van der Waals surface area contributed by atoms with E-state index in [0.29, 0.717) is 27.8 Å². The van der Waals surface area contributed by atoms with Crippen LogP contribution in [0.5, 0.6) is 0 Å². The largest absolute Gasteiger partial charge is 0.469 e. The van der Waals surface area contributed by atoms with Crippen LogP contribution in [0.3, 0.4) is 0 Å². The van der Waals surface area contributed by atoms with E-state index < -0.39 is 5.97 Å². The third kappa shape index (κ3) is 5.79. The average Bonchev–Trinajstić information content (AvgIpc) is 3.10. The number of aryl methyl sites for hydroxylation is 1. The second-order valence-corrected chi connectivity index (χ2v) is 11.3. The lowest BCUT2D eigenvalue weighted by molar-refractivity contribution is -0.140. The number of Topliss-reactive ketones (excluding diaryl/α,β-unsaturated/α-hetero) is 1. The van der Waals surface area contributed by atoms with E-state index in [1.54, 1.807) is 24.3 Å². The fraction of sp³-hybridized carbons (Fsp3) is 0.179. The van der Waals surface area contributed by atoms with Crippen LogP contribution in [0.1, 0.15) is 69.2 Å². The zero-order valence-electron chi connectivity index (χ0n) is 25.9. The van der Waals surface area contributed by atoms with Crippen molar-refractivity contribution in [2.45, 2.75) is 39.0 Å². The molecule has 0 spiro atoms. The van der Waals surface area contributed by atoms with E-state index in [1.807, 2.05) is 89.8 Å². The number of nitrogens with zero attached hydrogens (tertiary/aromatic N) is 2. The van der Waals surface area contributed by atoms with Gasteiger partial charge in [0.25, 0.3) is 11.8 Å². The van der Waals surface area contributed by atoms with Gasteiger partial charge in [-0.25, -0.2) is 4.90 Å². The first-order chi connectivity index (χ1) is 22.4. The van der Waals surface area contributed by atoms with Gasteiger partial charge in [0.05, 0.1) is 24.9 Å². The second kappa shape index (κ2) is 13.2. The standard InChI is InChI=1S/C39H34N2O5/c1-3-4-9-26-14-18-30(19-15-26)41-38(44)32-13-8-12-31-34(23-22-33(37(31)32)39(41)45)40(28-10-6-5-7-11-28)29-20-16-27(17-21-29)35(42)24-25-36(43)46-2/h5-8,10-23H,3-4,9,24-25H2,1-2H3. The molecule has 1 aliphatic heterocycles. The Hall–Kier alpha value is -5.56. The lowest BCUT2D eigenvalue weighted by Crippen LogP contribution is -2.40. The Morgan fingerprint density at radius 2 is 1.39 bits per heavy atom. The maximum Gasteiger partial charge on any atom is 0.305 e. The molecule has 0 N–H and O–H groups in total. The van der Waals surface area contributed by atoms with E-state index in [2.05, 4.69) is 11.7 Å². The molecule has 5 aromatic rings. The lowest BCUT2D eigenvalue weighted by atomic mass is 9.92. The first kappa shape index (κ1) is 30.5.